The van der Waals surface area contributed by atoms with Gasteiger partial charge in [-0.1, -0.05) is 17.7 Å². The highest BCUT2D eigenvalue weighted by atomic mass is 79.9. The average Bonchev–Trinajstić information content (AvgIpc) is 2.47. The molecule has 2 N–H and O–H groups in total. The Kier molecular flexibility index (Phi) is 2.43. The number of benzene rings is 1. The van der Waals surface area contributed by atoms with Crippen LogP contribution in [0.2, 0.25) is 5.02 Å². The first-order chi connectivity index (χ1) is 6.66. The van der Waals surface area contributed by atoms with E-state index in [1.54, 1.807) is 12.1 Å². The lowest BCUT2D eigenvalue weighted by atomic mass is 10.3. The highest BCUT2D eigenvalue weighted by molar-refractivity contribution is 9.10. The molecule has 14 heavy (non-hydrogen) atoms. The molecule has 72 valence electrons. The van der Waals surface area contributed by atoms with Crippen LogP contribution in [0.1, 0.15) is 0 Å². The van der Waals surface area contributed by atoms with Crippen LogP contribution >= 0.6 is 27.5 Å². The van der Waals surface area contributed by atoms with Crippen LogP contribution in [-0.2, 0) is 0 Å². The van der Waals surface area contributed by atoms with Crippen molar-refractivity contribution in [3.8, 4) is 5.69 Å². The summed E-state index contributed by atoms with van der Waals surface area (Å²) in [4.78, 5) is 1.42. The number of nitrogen functional groups attached to an aromatic ring is 1. The summed E-state index contributed by atoms with van der Waals surface area (Å²) in [5, 5.41) is 8.69. The van der Waals surface area contributed by atoms with Gasteiger partial charge >= 0.3 is 0 Å². The van der Waals surface area contributed by atoms with E-state index < -0.39 is 0 Å². The maximum atomic E-state index is 5.83. The first kappa shape index (κ1) is 9.48. The van der Waals surface area contributed by atoms with Crippen molar-refractivity contribution in [1.29, 1.82) is 0 Å². The minimum Gasteiger partial charge on any atom is -0.380 e. The van der Waals surface area contributed by atoms with Gasteiger partial charge < -0.3 is 5.73 Å². The van der Waals surface area contributed by atoms with Gasteiger partial charge in [0.25, 0.3) is 0 Å². The third kappa shape index (κ3) is 1.73. The Balaban J connectivity index is 2.49. The third-order valence-electron chi connectivity index (χ3n) is 1.64. The van der Waals surface area contributed by atoms with Crippen LogP contribution in [-0.4, -0.2) is 15.0 Å². The van der Waals surface area contributed by atoms with E-state index in [0.29, 0.717) is 15.4 Å². The van der Waals surface area contributed by atoms with E-state index >= 15 is 0 Å². The summed E-state index contributed by atoms with van der Waals surface area (Å²) in [6.07, 6.45) is 0. The fraction of sp³-hybridized carbons (Fsp3) is 0. The molecule has 0 radical (unpaired) electrons. The lowest BCUT2D eigenvalue weighted by molar-refractivity contribution is 0.750. The molecule has 0 spiro atoms. The summed E-state index contributed by atoms with van der Waals surface area (Å²) >= 11 is 9.01. The molecule has 0 aliphatic carbocycles. The Morgan fingerprint density at radius 3 is 2.71 bits per heavy atom. The molecule has 0 aliphatic heterocycles. The molecule has 0 bridgehead atoms. The number of rotatable bonds is 1. The highest BCUT2D eigenvalue weighted by Crippen LogP contribution is 2.17. The van der Waals surface area contributed by atoms with Crippen molar-refractivity contribution in [3.05, 3.63) is 33.9 Å². The number of hydrogen-bond acceptors (Lipinski definition) is 3. The Morgan fingerprint density at radius 1 is 1.36 bits per heavy atom. The Hall–Kier alpha value is -1.07. The van der Waals surface area contributed by atoms with Gasteiger partial charge in [0.1, 0.15) is 0 Å². The van der Waals surface area contributed by atoms with Crippen molar-refractivity contribution in [2.75, 3.05) is 5.73 Å². The minimum atomic E-state index is 0.352. The zero-order chi connectivity index (χ0) is 10.1. The van der Waals surface area contributed by atoms with E-state index in [1.165, 1.54) is 4.80 Å². The predicted octanol–water partition coefficient (Wildman–Crippen LogP) is 2.27. The topological polar surface area (TPSA) is 56.7 Å². The molecule has 6 heteroatoms. The van der Waals surface area contributed by atoms with Crippen LogP contribution in [0.5, 0.6) is 0 Å². The third-order valence-corrected chi connectivity index (χ3v) is 2.44. The van der Waals surface area contributed by atoms with Gasteiger partial charge in [-0.25, -0.2) is 0 Å². The van der Waals surface area contributed by atoms with Gasteiger partial charge in [-0.05, 0) is 34.1 Å². The fourth-order valence-corrected chi connectivity index (χ4v) is 1.43. The molecular formula is C8H6BrClN4. The number of nitrogens with two attached hydrogens (primary N) is 1. The number of aromatic nitrogens is 3. The molecule has 1 heterocycles. The van der Waals surface area contributed by atoms with E-state index in [0.717, 1.165) is 5.69 Å². The fourth-order valence-electron chi connectivity index (χ4n) is 1.02. The summed E-state index contributed by atoms with van der Waals surface area (Å²) in [6, 6.07) is 7.21. The van der Waals surface area contributed by atoms with Crippen LogP contribution in [0.4, 0.5) is 5.82 Å². The first-order valence-electron chi connectivity index (χ1n) is 3.81. The Bertz CT molecular complexity index is 449. The smallest absolute Gasteiger partial charge is 0.181 e. The molecule has 1 aromatic carbocycles. The van der Waals surface area contributed by atoms with Gasteiger partial charge in [-0.2, -0.15) is 0 Å². The lowest BCUT2D eigenvalue weighted by Gasteiger charge is -1.98. The number of nitrogens with zero attached hydrogens (tertiary/aromatic N) is 3. The van der Waals surface area contributed by atoms with E-state index in [9.17, 15) is 0 Å². The number of halogens is 2. The molecule has 1 aromatic heterocycles. The summed E-state index contributed by atoms with van der Waals surface area (Å²) in [5.41, 5.74) is 6.31. The van der Waals surface area contributed by atoms with Gasteiger partial charge in [0.05, 0.1) is 5.69 Å². The SMILES string of the molecule is Nc1nn(-c2cccc(Cl)c2)nc1Br. The zero-order valence-electron chi connectivity index (χ0n) is 6.98. The van der Waals surface area contributed by atoms with Crippen LogP contribution in [0.25, 0.3) is 5.69 Å². The van der Waals surface area contributed by atoms with Crippen molar-refractivity contribution in [1.82, 2.24) is 15.0 Å². The van der Waals surface area contributed by atoms with Crippen molar-refractivity contribution >= 4 is 33.3 Å². The zero-order valence-corrected chi connectivity index (χ0v) is 9.33. The number of anilines is 1. The summed E-state index contributed by atoms with van der Waals surface area (Å²) in [7, 11) is 0. The molecule has 0 fully saturated rings. The second kappa shape index (κ2) is 3.59. The molecule has 2 rings (SSSR count). The standard InChI is InChI=1S/C8H6BrClN4/c9-7-8(11)13-14(12-7)6-3-1-2-5(10)4-6/h1-4H,(H2,11,13). The first-order valence-corrected chi connectivity index (χ1v) is 4.98. The maximum absolute atomic E-state index is 5.83. The molecule has 0 saturated heterocycles. The Morgan fingerprint density at radius 2 is 2.14 bits per heavy atom. The normalized spacial score (nSPS) is 10.4. The molecule has 2 aromatic rings. The molecule has 0 saturated carbocycles. The molecule has 0 unspecified atom stereocenters. The minimum absolute atomic E-state index is 0.352. The van der Waals surface area contributed by atoms with Gasteiger partial charge in [-0.3, -0.25) is 0 Å². The maximum Gasteiger partial charge on any atom is 0.181 e. The largest absolute Gasteiger partial charge is 0.380 e. The van der Waals surface area contributed by atoms with Crippen LogP contribution < -0.4 is 5.73 Å². The van der Waals surface area contributed by atoms with E-state index in [1.807, 2.05) is 12.1 Å². The Labute approximate surface area is 93.8 Å². The monoisotopic (exact) mass is 272 g/mol. The van der Waals surface area contributed by atoms with Gasteiger partial charge in [0.2, 0.25) is 0 Å². The van der Waals surface area contributed by atoms with Crippen molar-refractivity contribution < 1.29 is 0 Å². The molecule has 0 atom stereocenters. The second-order valence-corrected chi connectivity index (χ2v) is 3.83. The van der Waals surface area contributed by atoms with Gasteiger partial charge in [-0.15, -0.1) is 15.0 Å². The second-order valence-electron chi connectivity index (χ2n) is 2.65. The predicted molar refractivity (Wildman–Crippen MR) is 58.5 cm³/mol. The summed E-state index contributed by atoms with van der Waals surface area (Å²) in [5.74, 6) is 0.352. The molecule has 0 amide bonds. The number of hydrogen-bond donors (Lipinski definition) is 1. The quantitative estimate of drug-likeness (QED) is 0.867. The van der Waals surface area contributed by atoms with Crippen LogP contribution in [0.3, 0.4) is 0 Å². The van der Waals surface area contributed by atoms with E-state index in [-0.39, 0.29) is 0 Å². The van der Waals surface area contributed by atoms with Crippen LogP contribution in [0, 0.1) is 0 Å². The summed E-state index contributed by atoms with van der Waals surface area (Å²) < 4.78 is 0.525. The average molecular weight is 274 g/mol. The van der Waals surface area contributed by atoms with E-state index in [2.05, 4.69) is 26.1 Å². The van der Waals surface area contributed by atoms with Gasteiger partial charge in [0, 0.05) is 5.02 Å². The van der Waals surface area contributed by atoms with Crippen molar-refractivity contribution in [3.63, 3.8) is 0 Å². The molecule has 4 nitrogen and oxygen atoms in total. The van der Waals surface area contributed by atoms with E-state index in [4.69, 9.17) is 17.3 Å². The summed E-state index contributed by atoms with van der Waals surface area (Å²) in [6.45, 7) is 0. The lowest BCUT2D eigenvalue weighted by Crippen LogP contribution is -1.98. The van der Waals surface area contributed by atoms with Gasteiger partial charge in [0.15, 0.2) is 10.4 Å². The van der Waals surface area contributed by atoms with Crippen LogP contribution in [0.15, 0.2) is 28.9 Å². The molecular weight excluding hydrogens is 267 g/mol. The molecule has 0 aliphatic rings. The highest BCUT2D eigenvalue weighted by Gasteiger charge is 2.05. The van der Waals surface area contributed by atoms with Crippen molar-refractivity contribution in [2.45, 2.75) is 0 Å². The van der Waals surface area contributed by atoms with Crippen molar-refractivity contribution in [2.24, 2.45) is 0 Å².